The average molecular weight is 570 g/mol. The zero-order valence-corrected chi connectivity index (χ0v) is 24.6. The van der Waals surface area contributed by atoms with Gasteiger partial charge < -0.3 is 30.2 Å². The highest BCUT2D eigenvalue weighted by atomic mass is 32.1. The van der Waals surface area contributed by atoms with E-state index in [0.717, 1.165) is 31.6 Å². The Kier molecular flexibility index (Phi) is 14.1. The third kappa shape index (κ3) is 11.8. The molecule has 1 aliphatic rings. The number of benzene rings is 1. The molecule has 3 rings (SSSR count). The maximum Gasteiger partial charge on any atom is 0.220 e. The fourth-order valence-corrected chi connectivity index (χ4v) is 4.62. The quantitative estimate of drug-likeness (QED) is 0.159. The number of nitrogens with zero attached hydrogens (tertiary/aromatic N) is 2. The number of likely N-dealkylation sites (tertiary alicyclic amines) is 1. The van der Waals surface area contributed by atoms with Crippen molar-refractivity contribution in [2.75, 3.05) is 53.6 Å². The van der Waals surface area contributed by atoms with Gasteiger partial charge in [0.05, 0.1) is 14.2 Å². The normalized spacial score (nSPS) is 13.6. The molecule has 10 heteroatoms. The lowest BCUT2D eigenvalue weighted by Gasteiger charge is -2.26. The molecule has 2 heterocycles. The summed E-state index contributed by atoms with van der Waals surface area (Å²) in [7, 11) is 3.25. The van der Waals surface area contributed by atoms with E-state index in [4.69, 9.17) is 26.4 Å². The predicted octanol–water partition coefficient (Wildman–Crippen LogP) is 3.62. The van der Waals surface area contributed by atoms with Crippen molar-refractivity contribution in [3.63, 3.8) is 0 Å². The van der Waals surface area contributed by atoms with Crippen molar-refractivity contribution in [3.8, 4) is 17.4 Å². The average Bonchev–Trinajstić information content (AvgIpc) is 2.97. The fourth-order valence-electron chi connectivity index (χ4n) is 4.42. The van der Waals surface area contributed by atoms with E-state index < -0.39 is 0 Å². The van der Waals surface area contributed by atoms with Crippen LogP contribution in [0.1, 0.15) is 43.2 Å². The van der Waals surface area contributed by atoms with Crippen LogP contribution in [0.2, 0.25) is 0 Å². The number of rotatable bonds is 16. The highest BCUT2D eigenvalue weighted by molar-refractivity contribution is 7.80. The van der Waals surface area contributed by atoms with Gasteiger partial charge >= 0.3 is 0 Å². The van der Waals surface area contributed by atoms with E-state index in [9.17, 15) is 4.79 Å². The Bertz CT molecular complexity index is 1090. The Balaban J connectivity index is 1.19. The molecule has 0 aliphatic carbocycles. The van der Waals surface area contributed by atoms with Gasteiger partial charge in [-0.1, -0.05) is 18.6 Å². The second kappa shape index (κ2) is 18.1. The molecule has 40 heavy (non-hydrogen) atoms. The molecule has 218 valence electrons. The van der Waals surface area contributed by atoms with E-state index >= 15 is 0 Å². The molecule has 1 saturated heterocycles. The number of pyridine rings is 1. The van der Waals surface area contributed by atoms with Gasteiger partial charge in [0.1, 0.15) is 6.61 Å². The molecule has 0 radical (unpaired) electrons. The highest BCUT2D eigenvalue weighted by Gasteiger charge is 2.11. The number of hydrogen-bond donors (Lipinski definition) is 3. The van der Waals surface area contributed by atoms with Crippen LogP contribution < -0.4 is 30.2 Å². The SMILES string of the molecule is COc1ccc(CCNC(=S)NCCCC(=O)NC/C=C\COc2cc(CN3CCCCC3)ccn2)cc1OC. The lowest BCUT2D eigenvalue weighted by molar-refractivity contribution is -0.120. The lowest BCUT2D eigenvalue weighted by Crippen LogP contribution is -2.37. The van der Waals surface area contributed by atoms with Gasteiger partial charge in [0.15, 0.2) is 16.6 Å². The number of carbonyl (C=O) groups excluding carboxylic acids is 1. The number of aromatic nitrogens is 1. The smallest absolute Gasteiger partial charge is 0.220 e. The number of nitrogens with one attached hydrogen (secondary N) is 3. The summed E-state index contributed by atoms with van der Waals surface area (Å²) in [6.07, 6.45) is 11.4. The van der Waals surface area contributed by atoms with Crippen molar-refractivity contribution in [2.45, 2.75) is 45.1 Å². The fraction of sp³-hybridized carbons (Fsp3) is 0.500. The Morgan fingerprint density at radius 2 is 1.77 bits per heavy atom. The molecule has 0 atom stereocenters. The van der Waals surface area contributed by atoms with Gasteiger partial charge in [-0.25, -0.2) is 4.98 Å². The van der Waals surface area contributed by atoms with Crippen molar-refractivity contribution in [1.29, 1.82) is 0 Å². The van der Waals surface area contributed by atoms with Crippen molar-refractivity contribution < 1.29 is 19.0 Å². The Labute approximate surface area is 243 Å². The number of thiocarbonyl (C=S) groups is 1. The number of methoxy groups -OCH3 is 2. The molecule has 0 spiro atoms. The first-order chi connectivity index (χ1) is 19.6. The van der Waals surface area contributed by atoms with Gasteiger partial charge in [-0.2, -0.15) is 0 Å². The third-order valence-corrected chi connectivity index (χ3v) is 6.87. The molecule has 0 bridgehead atoms. The molecule has 2 aromatic rings. The van der Waals surface area contributed by atoms with Crippen LogP contribution >= 0.6 is 12.2 Å². The molecule has 3 N–H and O–H groups in total. The molecule has 1 aromatic heterocycles. The minimum Gasteiger partial charge on any atom is -0.493 e. The number of ether oxygens (including phenoxy) is 3. The molecule has 9 nitrogen and oxygen atoms in total. The molecule has 1 fully saturated rings. The van der Waals surface area contributed by atoms with Crippen LogP contribution in [-0.2, 0) is 17.8 Å². The molecule has 1 aromatic carbocycles. The van der Waals surface area contributed by atoms with E-state index in [0.29, 0.717) is 61.6 Å². The zero-order valence-electron chi connectivity index (χ0n) is 23.7. The summed E-state index contributed by atoms with van der Waals surface area (Å²) in [5.41, 5.74) is 2.35. The summed E-state index contributed by atoms with van der Waals surface area (Å²) in [5.74, 6) is 2.06. The molecular weight excluding hydrogens is 526 g/mol. The zero-order chi connectivity index (χ0) is 28.4. The van der Waals surface area contributed by atoms with Gasteiger partial charge in [0.25, 0.3) is 0 Å². The van der Waals surface area contributed by atoms with Crippen LogP contribution in [0.15, 0.2) is 48.7 Å². The minimum atomic E-state index is 0.00628. The van der Waals surface area contributed by atoms with Crippen molar-refractivity contribution in [2.24, 2.45) is 0 Å². The van der Waals surface area contributed by atoms with Crippen LogP contribution in [0.4, 0.5) is 0 Å². The summed E-state index contributed by atoms with van der Waals surface area (Å²) in [5, 5.41) is 9.82. The summed E-state index contributed by atoms with van der Waals surface area (Å²) in [6.45, 7) is 5.47. The number of piperidine rings is 1. The number of carbonyl (C=O) groups is 1. The van der Waals surface area contributed by atoms with Crippen molar-refractivity contribution in [1.82, 2.24) is 25.8 Å². The predicted molar refractivity (Wildman–Crippen MR) is 162 cm³/mol. The maximum atomic E-state index is 12.1. The topological polar surface area (TPSA) is 97.0 Å². The summed E-state index contributed by atoms with van der Waals surface area (Å²) < 4.78 is 16.4. The molecule has 0 unspecified atom stereocenters. The number of hydrogen-bond acceptors (Lipinski definition) is 7. The Morgan fingerprint density at radius 1 is 0.975 bits per heavy atom. The van der Waals surface area contributed by atoms with Crippen LogP contribution in [0, 0.1) is 0 Å². The van der Waals surface area contributed by atoms with Crippen LogP contribution in [-0.4, -0.2) is 74.5 Å². The summed E-state index contributed by atoms with van der Waals surface area (Å²) in [6, 6.07) is 9.93. The van der Waals surface area contributed by atoms with E-state index in [1.807, 2.05) is 42.5 Å². The van der Waals surface area contributed by atoms with Crippen LogP contribution in [0.3, 0.4) is 0 Å². The first kappa shape index (κ1) is 31.2. The second-order valence-electron chi connectivity index (χ2n) is 9.65. The van der Waals surface area contributed by atoms with Crippen molar-refractivity contribution in [3.05, 3.63) is 59.8 Å². The van der Waals surface area contributed by atoms with E-state index in [-0.39, 0.29) is 5.91 Å². The molecule has 0 saturated carbocycles. The number of amides is 1. The van der Waals surface area contributed by atoms with E-state index in [2.05, 4.69) is 25.8 Å². The van der Waals surface area contributed by atoms with Gasteiger partial charge in [0.2, 0.25) is 11.8 Å². The van der Waals surface area contributed by atoms with Gasteiger partial charge in [-0.05, 0) is 86.4 Å². The molecule has 1 amide bonds. The lowest BCUT2D eigenvalue weighted by atomic mass is 10.1. The molecular formula is C30H43N5O4S. The summed E-state index contributed by atoms with van der Waals surface area (Å²) in [4.78, 5) is 18.9. The maximum absolute atomic E-state index is 12.1. The second-order valence-corrected chi connectivity index (χ2v) is 10.1. The Morgan fingerprint density at radius 3 is 2.58 bits per heavy atom. The monoisotopic (exact) mass is 569 g/mol. The van der Waals surface area contributed by atoms with E-state index in [1.165, 1.54) is 24.8 Å². The van der Waals surface area contributed by atoms with Gasteiger partial charge in [0, 0.05) is 44.9 Å². The third-order valence-electron chi connectivity index (χ3n) is 6.58. The summed E-state index contributed by atoms with van der Waals surface area (Å²) >= 11 is 5.33. The van der Waals surface area contributed by atoms with E-state index in [1.54, 1.807) is 20.4 Å². The van der Waals surface area contributed by atoms with Crippen LogP contribution in [0.5, 0.6) is 17.4 Å². The standard InChI is InChI=1S/C30H43N5O4S/c1-37-26-11-10-24(21-27(26)38-2)12-17-34-30(40)33-15-8-9-28(36)31-14-4-7-20-39-29-22-25(13-16-32-29)23-35-18-5-3-6-19-35/h4,7,10-11,13,16,21-22H,3,5-6,8-9,12,14-15,17-20,23H2,1-2H3,(H,31,36)(H2,33,34,40)/b7-4-. The Hall–Kier alpha value is -3.37. The van der Waals surface area contributed by atoms with Crippen molar-refractivity contribution >= 4 is 23.2 Å². The molecule has 1 aliphatic heterocycles. The van der Waals surface area contributed by atoms with Crippen LogP contribution in [0.25, 0.3) is 0 Å². The van der Waals surface area contributed by atoms with Gasteiger partial charge in [-0.3, -0.25) is 9.69 Å². The highest BCUT2D eigenvalue weighted by Crippen LogP contribution is 2.27. The largest absolute Gasteiger partial charge is 0.493 e. The first-order valence-corrected chi connectivity index (χ1v) is 14.4. The minimum absolute atomic E-state index is 0.00628. The van der Waals surface area contributed by atoms with Gasteiger partial charge in [-0.15, -0.1) is 0 Å². The first-order valence-electron chi connectivity index (χ1n) is 14.0.